The van der Waals surface area contributed by atoms with Gasteiger partial charge in [-0.2, -0.15) is 5.10 Å². The third kappa shape index (κ3) is 3.60. The van der Waals surface area contributed by atoms with Crippen LogP contribution in [0.25, 0.3) is 22.4 Å². The number of amides is 1. The molecule has 1 amide bonds. The van der Waals surface area contributed by atoms with Crippen LogP contribution in [0.3, 0.4) is 0 Å². The highest BCUT2D eigenvalue weighted by Gasteiger charge is 2.33. The molecule has 8 nitrogen and oxygen atoms in total. The van der Waals surface area contributed by atoms with E-state index in [1.807, 2.05) is 23.2 Å². The van der Waals surface area contributed by atoms with E-state index in [9.17, 15) is 4.79 Å². The van der Waals surface area contributed by atoms with E-state index < -0.39 is 0 Å². The van der Waals surface area contributed by atoms with Gasteiger partial charge < -0.3 is 14.4 Å². The lowest BCUT2D eigenvalue weighted by Crippen LogP contribution is -2.45. The Morgan fingerprint density at radius 2 is 2.06 bits per heavy atom. The first kappa shape index (κ1) is 19.9. The maximum absolute atomic E-state index is 13.3. The second-order valence-corrected chi connectivity index (χ2v) is 9.51. The third-order valence-corrected chi connectivity index (χ3v) is 7.65. The summed E-state index contributed by atoms with van der Waals surface area (Å²) in [6, 6.07) is 6.55. The van der Waals surface area contributed by atoms with Crippen molar-refractivity contribution in [2.75, 3.05) is 46.0 Å². The van der Waals surface area contributed by atoms with Gasteiger partial charge in [0, 0.05) is 60.8 Å². The zero-order chi connectivity index (χ0) is 21.5. The topological polar surface area (TPSA) is 83.6 Å². The number of fused-ring (bicyclic) bond motifs is 3. The first-order valence-electron chi connectivity index (χ1n) is 11.1. The average Bonchev–Trinajstić information content (AvgIpc) is 3.59. The fourth-order valence-electron chi connectivity index (χ4n) is 4.80. The number of carbonyl (C=O) groups is 1. The Morgan fingerprint density at radius 3 is 2.91 bits per heavy atom. The van der Waals surface area contributed by atoms with Crippen molar-refractivity contribution in [2.45, 2.75) is 18.9 Å². The molecule has 3 aliphatic rings. The molecule has 3 aromatic rings. The first-order chi connectivity index (χ1) is 15.8. The number of H-pyrrole nitrogens is 1. The quantitative estimate of drug-likeness (QED) is 0.659. The minimum atomic E-state index is 0.0521. The number of carbonyl (C=O) groups excluding carboxylic acids is 1. The summed E-state index contributed by atoms with van der Waals surface area (Å²) < 4.78 is 11.5. The molecule has 1 aromatic carbocycles. The number of hydrogen-bond acceptors (Lipinski definition) is 7. The normalized spacial score (nSPS) is 21.0. The van der Waals surface area contributed by atoms with Gasteiger partial charge in [-0.05, 0) is 24.1 Å². The molecule has 3 aliphatic heterocycles. The van der Waals surface area contributed by atoms with Crippen molar-refractivity contribution in [2.24, 2.45) is 0 Å². The van der Waals surface area contributed by atoms with E-state index in [2.05, 4.69) is 21.2 Å². The Kier molecular flexibility index (Phi) is 5.17. The average molecular weight is 452 g/mol. The molecule has 5 heterocycles. The summed E-state index contributed by atoms with van der Waals surface area (Å²) in [5, 5.41) is 7.47. The second-order valence-electron chi connectivity index (χ2n) is 8.43. The van der Waals surface area contributed by atoms with E-state index in [0.29, 0.717) is 17.7 Å². The smallest absolute Gasteiger partial charge is 0.282 e. The first-order valence-corrected chi connectivity index (χ1v) is 11.9. The zero-order valence-electron chi connectivity index (χ0n) is 17.7. The molecule has 6 rings (SSSR count). The largest absolute Gasteiger partial charge is 0.492 e. The highest BCUT2D eigenvalue weighted by atomic mass is 32.1. The van der Waals surface area contributed by atoms with Gasteiger partial charge in [-0.3, -0.25) is 14.8 Å². The number of rotatable bonds is 3. The Labute approximate surface area is 190 Å². The Morgan fingerprint density at radius 1 is 1.16 bits per heavy atom. The molecule has 166 valence electrons. The van der Waals surface area contributed by atoms with Crippen LogP contribution in [0.15, 0.2) is 30.6 Å². The van der Waals surface area contributed by atoms with E-state index in [1.54, 1.807) is 6.20 Å². The molecule has 1 atom stereocenters. The van der Waals surface area contributed by atoms with Gasteiger partial charge >= 0.3 is 0 Å². The molecular formula is C23H25N5O3S. The van der Waals surface area contributed by atoms with Crippen LogP contribution in [0.5, 0.6) is 5.75 Å². The predicted octanol–water partition coefficient (Wildman–Crippen LogP) is 2.68. The molecule has 0 saturated carbocycles. The molecule has 2 aromatic heterocycles. The summed E-state index contributed by atoms with van der Waals surface area (Å²) >= 11 is 1.52. The van der Waals surface area contributed by atoms with Crippen LogP contribution < -0.4 is 4.74 Å². The van der Waals surface area contributed by atoms with Gasteiger partial charge in [0.05, 0.1) is 31.7 Å². The van der Waals surface area contributed by atoms with Crippen molar-refractivity contribution in [3.8, 4) is 28.1 Å². The Bertz CT molecular complexity index is 1120. The molecular weight excluding hydrogens is 426 g/mol. The van der Waals surface area contributed by atoms with E-state index in [0.717, 1.165) is 85.2 Å². The van der Waals surface area contributed by atoms with Crippen LogP contribution in [-0.2, 0) is 11.2 Å². The molecule has 0 bridgehead atoms. The van der Waals surface area contributed by atoms with Gasteiger partial charge in [-0.1, -0.05) is 6.07 Å². The minimum absolute atomic E-state index is 0.0521. The van der Waals surface area contributed by atoms with Crippen LogP contribution in [0.1, 0.15) is 21.1 Å². The highest BCUT2D eigenvalue weighted by Crippen LogP contribution is 2.40. The standard InChI is InChI=1S/C23H25N5O3S/c29-23(28-5-3-17(14-28)27-6-9-30-10-7-27)22-26-21-18-2-1-15(16-12-24-25-13-16)11-19(18)31-8-4-20(21)32-22/h1-2,11-13,17H,3-10,14H2,(H,24,25)/t17-/m1/s1. The van der Waals surface area contributed by atoms with Gasteiger partial charge in [-0.15, -0.1) is 11.3 Å². The number of hydrogen-bond donors (Lipinski definition) is 1. The lowest BCUT2D eigenvalue weighted by atomic mass is 10.0. The van der Waals surface area contributed by atoms with E-state index in [1.165, 1.54) is 11.3 Å². The maximum Gasteiger partial charge on any atom is 0.282 e. The number of morpholine rings is 1. The van der Waals surface area contributed by atoms with Crippen molar-refractivity contribution in [1.82, 2.24) is 25.0 Å². The fourth-order valence-corrected chi connectivity index (χ4v) is 5.83. The molecule has 2 saturated heterocycles. The highest BCUT2D eigenvalue weighted by molar-refractivity contribution is 7.14. The lowest BCUT2D eigenvalue weighted by molar-refractivity contribution is 0.0185. The van der Waals surface area contributed by atoms with E-state index >= 15 is 0 Å². The molecule has 0 radical (unpaired) electrons. The third-order valence-electron chi connectivity index (χ3n) is 6.55. The number of benzene rings is 1. The number of nitrogens with one attached hydrogen (secondary N) is 1. The predicted molar refractivity (Wildman–Crippen MR) is 121 cm³/mol. The summed E-state index contributed by atoms with van der Waals surface area (Å²) in [4.78, 5) is 23.7. The summed E-state index contributed by atoms with van der Waals surface area (Å²) in [6.07, 6.45) is 5.43. The molecule has 1 N–H and O–H groups in total. The van der Waals surface area contributed by atoms with Gasteiger partial charge in [0.1, 0.15) is 5.75 Å². The van der Waals surface area contributed by atoms with Crippen LogP contribution in [-0.4, -0.2) is 82.9 Å². The molecule has 0 aliphatic carbocycles. The van der Waals surface area contributed by atoms with Crippen LogP contribution in [0.2, 0.25) is 0 Å². The number of ether oxygens (including phenoxy) is 2. The summed E-state index contributed by atoms with van der Waals surface area (Å²) in [5.41, 5.74) is 3.89. The minimum Gasteiger partial charge on any atom is -0.492 e. The van der Waals surface area contributed by atoms with Crippen LogP contribution in [0, 0.1) is 0 Å². The number of aromatic amines is 1. The van der Waals surface area contributed by atoms with Crippen LogP contribution >= 0.6 is 11.3 Å². The molecule has 0 unspecified atom stereocenters. The Balaban J connectivity index is 1.24. The number of aromatic nitrogens is 3. The second kappa shape index (κ2) is 8.31. The SMILES string of the molecule is O=C(c1nc2c(s1)CCOc1cc(-c3cn[nH]c3)ccc1-2)N1CC[C@@H](N2CCOCC2)C1. The van der Waals surface area contributed by atoms with Crippen molar-refractivity contribution >= 4 is 17.2 Å². The molecule has 9 heteroatoms. The summed E-state index contributed by atoms with van der Waals surface area (Å²) in [6.45, 7) is 5.62. The van der Waals surface area contributed by atoms with Crippen molar-refractivity contribution in [1.29, 1.82) is 0 Å². The summed E-state index contributed by atoms with van der Waals surface area (Å²) in [5.74, 6) is 0.858. The molecule has 2 fully saturated rings. The van der Waals surface area contributed by atoms with Crippen molar-refractivity contribution in [3.05, 3.63) is 40.5 Å². The Hall–Kier alpha value is -2.75. The monoisotopic (exact) mass is 451 g/mol. The van der Waals surface area contributed by atoms with Gasteiger partial charge in [0.15, 0.2) is 5.01 Å². The maximum atomic E-state index is 13.3. The lowest BCUT2D eigenvalue weighted by Gasteiger charge is -2.31. The van der Waals surface area contributed by atoms with E-state index in [4.69, 9.17) is 14.5 Å². The van der Waals surface area contributed by atoms with Gasteiger partial charge in [-0.25, -0.2) is 4.98 Å². The fraction of sp³-hybridized carbons (Fsp3) is 0.435. The van der Waals surface area contributed by atoms with Crippen molar-refractivity contribution < 1.29 is 14.3 Å². The molecule has 0 spiro atoms. The number of nitrogens with zero attached hydrogens (tertiary/aromatic N) is 4. The molecule has 32 heavy (non-hydrogen) atoms. The van der Waals surface area contributed by atoms with Crippen molar-refractivity contribution in [3.63, 3.8) is 0 Å². The van der Waals surface area contributed by atoms with Gasteiger partial charge in [0.2, 0.25) is 0 Å². The van der Waals surface area contributed by atoms with Crippen LogP contribution in [0.4, 0.5) is 0 Å². The van der Waals surface area contributed by atoms with Gasteiger partial charge in [0.25, 0.3) is 5.91 Å². The number of thiazole rings is 1. The number of likely N-dealkylation sites (tertiary alicyclic amines) is 1. The zero-order valence-corrected chi connectivity index (χ0v) is 18.6. The van der Waals surface area contributed by atoms with E-state index in [-0.39, 0.29) is 5.91 Å². The summed E-state index contributed by atoms with van der Waals surface area (Å²) in [7, 11) is 0.